The van der Waals surface area contributed by atoms with E-state index in [1.807, 2.05) is 11.3 Å². The minimum Gasteiger partial charge on any atom is -0.456 e. The van der Waals surface area contributed by atoms with E-state index in [0.29, 0.717) is 5.92 Å². The van der Waals surface area contributed by atoms with Gasteiger partial charge in [-0.1, -0.05) is 116 Å². The first kappa shape index (κ1) is 31.6. The molecule has 8 aromatic rings. The molecule has 2 nitrogen and oxygen atoms in total. The fourth-order valence-electron chi connectivity index (χ4n) is 8.07. The molecule has 0 amide bonds. The second kappa shape index (κ2) is 13.1. The zero-order valence-corrected chi connectivity index (χ0v) is 30.3. The van der Waals surface area contributed by atoms with Crippen molar-refractivity contribution in [3.05, 3.63) is 192 Å². The van der Waals surface area contributed by atoms with Crippen molar-refractivity contribution in [1.29, 1.82) is 0 Å². The van der Waals surface area contributed by atoms with Crippen LogP contribution in [-0.4, -0.2) is 0 Å². The van der Waals surface area contributed by atoms with Crippen molar-refractivity contribution in [1.82, 2.24) is 0 Å². The zero-order chi connectivity index (χ0) is 35.3. The summed E-state index contributed by atoms with van der Waals surface area (Å²) in [6.45, 7) is 2.36. The molecule has 6 aromatic carbocycles. The molecule has 2 aromatic heterocycles. The van der Waals surface area contributed by atoms with Gasteiger partial charge in [-0.15, -0.1) is 11.3 Å². The van der Waals surface area contributed by atoms with Gasteiger partial charge in [0.15, 0.2) is 0 Å². The molecule has 0 radical (unpaired) electrons. The minimum absolute atomic E-state index is 0.292. The molecule has 0 spiro atoms. The van der Waals surface area contributed by atoms with E-state index < -0.39 is 0 Å². The molecule has 2 aliphatic rings. The molecule has 1 unspecified atom stereocenters. The Hall–Kier alpha value is -6.16. The highest BCUT2D eigenvalue weighted by atomic mass is 32.1. The fourth-order valence-corrected chi connectivity index (χ4v) is 9.16. The molecule has 0 saturated carbocycles. The van der Waals surface area contributed by atoms with Crippen molar-refractivity contribution >= 4 is 65.5 Å². The number of allylic oxidation sites excluding steroid dienone is 7. The number of benzene rings is 6. The molecular formula is C50H37NOS. The quantitative estimate of drug-likeness (QED) is 0.172. The van der Waals surface area contributed by atoms with Gasteiger partial charge in [-0.25, -0.2) is 0 Å². The summed E-state index contributed by atoms with van der Waals surface area (Å²) in [6, 6.07) is 51.0. The molecule has 10 rings (SSSR count). The Kier molecular flexibility index (Phi) is 7.81. The molecule has 0 saturated heterocycles. The average Bonchev–Trinajstić information content (AvgIpc) is 3.66. The molecule has 2 aliphatic carbocycles. The van der Waals surface area contributed by atoms with Gasteiger partial charge >= 0.3 is 0 Å². The van der Waals surface area contributed by atoms with Gasteiger partial charge in [0.25, 0.3) is 0 Å². The highest BCUT2D eigenvalue weighted by Crippen LogP contribution is 2.42. The minimum atomic E-state index is 0.292. The van der Waals surface area contributed by atoms with Crippen LogP contribution >= 0.6 is 11.3 Å². The number of hydrogen-bond acceptors (Lipinski definition) is 3. The first-order valence-corrected chi connectivity index (χ1v) is 19.2. The van der Waals surface area contributed by atoms with Crippen LogP contribution in [-0.2, 0) is 6.42 Å². The molecule has 254 valence electrons. The maximum Gasteiger partial charge on any atom is 0.135 e. The lowest BCUT2D eigenvalue weighted by Crippen LogP contribution is -2.23. The van der Waals surface area contributed by atoms with Gasteiger partial charge in [0.1, 0.15) is 11.3 Å². The van der Waals surface area contributed by atoms with Crippen molar-refractivity contribution in [2.24, 2.45) is 5.92 Å². The molecule has 0 fully saturated rings. The largest absolute Gasteiger partial charge is 0.456 e. The van der Waals surface area contributed by atoms with Crippen LogP contribution < -0.4 is 4.90 Å². The number of thiophene rings is 1. The molecule has 0 N–H and O–H groups in total. The van der Waals surface area contributed by atoms with E-state index in [2.05, 4.69) is 188 Å². The molecule has 0 bridgehead atoms. The number of rotatable bonds is 6. The van der Waals surface area contributed by atoms with Crippen molar-refractivity contribution < 1.29 is 4.42 Å². The Morgan fingerprint density at radius 1 is 0.585 bits per heavy atom. The highest BCUT2D eigenvalue weighted by Gasteiger charge is 2.25. The van der Waals surface area contributed by atoms with Crippen molar-refractivity contribution in [3.63, 3.8) is 0 Å². The van der Waals surface area contributed by atoms with Gasteiger partial charge in [-0.2, -0.15) is 0 Å². The number of nitrogens with zero attached hydrogens (tertiary/aromatic N) is 1. The third kappa shape index (κ3) is 5.74. The van der Waals surface area contributed by atoms with Crippen molar-refractivity contribution in [2.75, 3.05) is 4.90 Å². The second-order valence-corrected chi connectivity index (χ2v) is 15.2. The third-order valence-corrected chi connectivity index (χ3v) is 12.0. The van der Waals surface area contributed by atoms with Crippen LogP contribution in [0.2, 0.25) is 0 Å². The van der Waals surface area contributed by atoms with Crippen LogP contribution in [0, 0.1) is 5.92 Å². The Morgan fingerprint density at radius 3 is 2.04 bits per heavy atom. The average molecular weight is 700 g/mol. The Balaban J connectivity index is 1.03. The van der Waals surface area contributed by atoms with Crippen LogP contribution in [0.1, 0.15) is 30.2 Å². The fraction of sp³-hybridized carbons (Fsp3) is 0.0800. The van der Waals surface area contributed by atoms with E-state index in [0.717, 1.165) is 35.6 Å². The lowest BCUT2D eigenvalue weighted by Gasteiger charge is -2.34. The maximum absolute atomic E-state index is 6.22. The third-order valence-electron chi connectivity index (χ3n) is 10.8. The van der Waals surface area contributed by atoms with Crippen LogP contribution in [0.3, 0.4) is 0 Å². The number of furan rings is 1. The first-order valence-electron chi connectivity index (χ1n) is 18.4. The van der Waals surface area contributed by atoms with Gasteiger partial charge in [-0.3, -0.25) is 0 Å². The number of hydrogen-bond donors (Lipinski definition) is 0. The summed E-state index contributed by atoms with van der Waals surface area (Å²) in [5, 5.41) is 3.87. The summed E-state index contributed by atoms with van der Waals surface area (Å²) < 4.78 is 8.89. The van der Waals surface area contributed by atoms with Crippen LogP contribution in [0.15, 0.2) is 180 Å². The SMILES string of the molecule is CC1CC(c2ccc3oc4c(c3c2)CC=CC=C4)=CC=C1N(c1ccc(-c2ccccc2)cc1)c1ccc(-c2ccc3sc4ccccc4c3c2)cc1. The van der Waals surface area contributed by atoms with Gasteiger partial charge in [-0.05, 0) is 113 Å². The van der Waals surface area contributed by atoms with Crippen LogP contribution in [0.4, 0.5) is 11.4 Å². The van der Waals surface area contributed by atoms with E-state index in [9.17, 15) is 0 Å². The topological polar surface area (TPSA) is 16.4 Å². The molecule has 3 heteroatoms. The van der Waals surface area contributed by atoms with Crippen LogP contribution in [0.25, 0.3) is 65.0 Å². The Labute approximate surface area is 314 Å². The Morgan fingerprint density at radius 2 is 1.25 bits per heavy atom. The number of anilines is 2. The second-order valence-electron chi connectivity index (χ2n) is 14.1. The monoisotopic (exact) mass is 699 g/mol. The normalized spacial score (nSPS) is 15.4. The summed E-state index contributed by atoms with van der Waals surface area (Å²) >= 11 is 1.86. The molecule has 1 atom stereocenters. The molecular weight excluding hydrogens is 663 g/mol. The molecule has 2 heterocycles. The summed E-state index contributed by atoms with van der Waals surface area (Å²) in [6.07, 6.45) is 14.9. The van der Waals surface area contributed by atoms with Gasteiger partial charge in [0.2, 0.25) is 0 Å². The smallest absolute Gasteiger partial charge is 0.135 e. The molecule has 53 heavy (non-hydrogen) atoms. The predicted octanol–water partition coefficient (Wildman–Crippen LogP) is 14.4. The lowest BCUT2D eigenvalue weighted by molar-refractivity contribution is 0.600. The van der Waals surface area contributed by atoms with E-state index in [-0.39, 0.29) is 0 Å². The van der Waals surface area contributed by atoms with E-state index in [1.54, 1.807) is 0 Å². The van der Waals surface area contributed by atoms with E-state index >= 15 is 0 Å². The van der Waals surface area contributed by atoms with Crippen molar-refractivity contribution in [2.45, 2.75) is 19.8 Å². The predicted molar refractivity (Wildman–Crippen MR) is 227 cm³/mol. The van der Waals surface area contributed by atoms with E-state index in [4.69, 9.17) is 4.42 Å². The summed E-state index contributed by atoms with van der Waals surface area (Å²) in [7, 11) is 0. The zero-order valence-electron chi connectivity index (χ0n) is 29.5. The summed E-state index contributed by atoms with van der Waals surface area (Å²) in [5.74, 6) is 1.26. The maximum atomic E-state index is 6.22. The summed E-state index contributed by atoms with van der Waals surface area (Å²) in [4.78, 5) is 2.45. The highest BCUT2D eigenvalue weighted by molar-refractivity contribution is 7.25. The van der Waals surface area contributed by atoms with Crippen molar-refractivity contribution in [3.8, 4) is 22.3 Å². The lowest BCUT2D eigenvalue weighted by atomic mass is 9.87. The van der Waals surface area contributed by atoms with Crippen LogP contribution in [0.5, 0.6) is 0 Å². The molecule has 0 aliphatic heterocycles. The van der Waals surface area contributed by atoms with Gasteiger partial charge in [0.05, 0.1) is 0 Å². The van der Waals surface area contributed by atoms with Gasteiger partial charge < -0.3 is 9.32 Å². The number of fused-ring (bicyclic) bond motifs is 6. The van der Waals surface area contributed by atoms with Gasteiger partial charge in [0, 0.05) is 54.1 Å². The summed E-state index contributed by atoms with van der Waals surface area (Å²) in [5.41, 5.74) is 13.3. The first-order chi connectivity index (χ1) is 26.2. The Bertz CT molecular complexity index is 2770. The van der Waals surface area contributed by atoms with E-state index in [1.165, 1.54) is 70.2 Å². The standard InChI is InChI=1S/C50H37NOS/c1-33-30-37(39-21-28-48-44(31-39)42-12-6-3-7-14-47(42)52-48)20-27-46(33)51(40-23-16-35(17-24-40)34-10-4-2-5-11-34)41-25-18-36(19-26-41)38-22-29-50-45(32-38)43-13-8-9-15-49(43)53-50/h2-11,13-29,31-33H,12,30H2,1H3.